The Morgan fingerprint density at radius 2 is 2.28 bits per heavy atom. The first-order chi connectivity index (χ1) is 8.74. The second-order valence-corrected chi connectivity index (χ2v) is 3.51. The average Bonchev–Trinajstić information content (AvgIpc) is 2.89. The van der Waals surface area contributed by atoms with E-state index in [0.717, 1.165) is 0 Å². The van der Waals surface area contributed by atoms with Crippen LogP contribution in [0.15, 0.2) is 16.7 Å². The second kappa shape index (κ2) is 5.52. The lowest BCUT2D eigenvalue weighted by atomic mass is 10.2. The predicted octanol–water partition coefficient (Wildman–Crippen LogP) is -0.0826. The van der Waals surface area contributed by atoms with Gasteiger partial charge in [0, 0.05) is 6.07 Å². The van der Waals surface area contributed by atoms with Gasteiger partial charge in [0.2, 0.25) is 11.7 Å². The summed E-state index contributed by atoms with van der Waals surface area (Å²) in [5.41, 5.74) is 5.77. The lowest BCUT2D eigenvalue weighted by Crippen LogP contribution is -2.06. The number of aliphatic hydroxyl groups is 1. The summed E-state index contributed by atoms with van der Waals surface area (Å²) in [5, 5.41) is 21.0. The number of methoxy groups -OCH3 is 1. The molecule has 2 heterocycles. The molecule has 2 aromatic rings. The van der Waals surface area contributed by atoms with Gasteiger partial charge >= 0.3 is 0 Å². The summed E-state index contributed by atoms with van der Waals surface area (Å²) in [5.74, 6) is 0.773. The van der Waals surface area contributed by atoms with E-state index in [4.69, 9.17) is 15.0 Å². The van der Waals surface area contributed by atoms with Crippen molar-refractivity contribution >= 4 is 0 Å². The molecule has 0 spiro atoms. The van der Waals surface area contributed by atoms with Crippen molar-refractivity contribution in [1.29, 1.82) is 0 Å². The number of nitrogens with two attached hydrogens (primary N) is 1. The first kappa shape index (κ1) is 12.4. The van der Waals surface area contributed by atoms with E-state index in [1.807, 2.05) is 0 Å². The first-order valence-electron chi connectivity index (χ1n) is 5.34. The highest BCUT2D eigenvalue weighted by Crippen LogP contribution is 2.18. The molecule has 0 amide bonds. The molecule has 1 atom stereocenters. The van der Waals surface area contributed by atoms with Crippen LogP contribution in [0, 0.1) is 0 Å². The van der Waals surface area contributed by atoms with Crippen LogP contribution < -0.4 is 10.5 Å². The minimum absolute atomic E-state index is 0.119. The van der Waals surface area contributed by atoms with Crippen molar-refractivity contribution in [3.63, 3.8) is 0 Å². The number of aliphatic hydroxyl groups excluding tert-OH is 1. The fourth-order valence-corrected chi connectivity index (χ4v) is 1.30. The summed E-state index contributed by atoms with van der Waals surface area (Å²) < 4.78 is 9.81. The van der Waals surface area contributed by atoms with Crippen LogP contribution in [0.25, 0.3) is 11.5 Å². The Balaban J connectivity index is 2.18. The minimum atomic E-state index is -0.859. The number of hydrogen-bond donors (Lipinski definition) is 2. The van der Waals surface area contributed by atoms with E-state index in [-0.39, 0.29) is 11.7 Å². The van der Waals surface area contributed by atoms with Gasteiger partial charge in [-0.3, -0.25) is 0 Å². The number of nitrogens with zero attached hydrogens (tertiary/aromatic N) is 4. The lowest BCUT2D eigenvalue weighted by Gasteiger charge is -2.00. The predicted molar refractivity (Wildman–Crippen MR) is 60.5 cm³/mol. The lowest BCUT2D eigenvalue weighted by molar-refractivity contribution is 0.127. The maximum Gasteiger partial charge on any atom is 0.255 e. The van der Waals surface area contributed by atoms with Crippen LogP contribution >= 0.6 is 0 Å². The number of hydrogen-bond acceptors (Lipinski definition) is 8. The molecule has 18 heavy (non-hydrogen) atoms. The average molecular weight is 251 g/mol. The number of aromatic nitrogens is 4. The molecule has 0 unspecified atom stereocenters. The van der Waals surface area contributed by atoms with Crippen LogP contribution in [0.1, 0.15) is 18.4 Å². The Bertz CT molecular complexity index is 498. The van der Waals surface area contributed by atoms with Crippen molar-refractivity contribution in [2.75, 3.05) is 13.7 Å². The summed E-state index contributed by atoms with van der Waals surface area (Å²) >= 11 is 0. The van der Waals surface area contributed by atoms with Crippen LogP contribution in [0.3, 0.4) is 0 Å². The summed E-state index contributed by atoms with van der Waals surface area (Å²) in [4.78, 5) is 4.03. The van der Waals surface area contributed by atoms with Gasteiger partial charge < -0.3 is 20.1 Å². The van der Waals surface area contributed by atoms with Crippen molar-refractivity contribution in [1.82, 2.24) is 20.3 Å². The van der Waals surface area contributed by atoms with Gasteiger partial charge in [-0.1, -0.05) is 5.16 Å². The molecule has 0 aromatic carbocycles. The van der Waals surface area contributed by atoms with Crippen molar-refractivity contribution in [2.45, 2.75) is 12.5 Å². The Hall–Kier alpha value is -2.06. The van der Waals surface area contributed by atoms with Gasteiger partial charge in [-0.2, -0.15) is 4.98 Å². The van der Waals surface area contributed by atoms with Gasteiger partial charge in [0.1, 0.15) is 11.8 Å². The highest BCUT2D eigenvalue weighted by atomic mass is 16.5. The monoisotopic (exact) mass is 251 g/mol. The zero-order valence-electron chi connectivity index (χ0n) is 9.78. The Morgan fingerprint density at radius 3 is 2.89 bits per heavy atom. The standard InChI is InChI=1S/C10H13N5O3/c1-17-8-3-2-6(13-14-8)9-12-10(18-15-9)7(16)4-5-11/h2-3,7,16H,4-5,11H2,1H3/t7-/m0/s1. The molecule has 0 bridgehead atoms. The SMILES string of the molecule is COc1ccc(-c2noc([C@@H](O)CCN)n2)nn1. The van der Waals surface area contributed by atoms with E-state index < -0.39 is 6.10 Å². The van der Waals surface area contributed by atoms with Crippen molar-refractivity contribution < 1.29 is 14.4 Å². The molecule has 8 heteroatoms. The molecule has 2 aromatic heterocycles. The van der Waals surface area contributed by atoms with Crippen LogP contribution in [-0.2, 0) is 0 Å². The molecule has 0 aliphatic rings. The largest absolute Gasteiger partial charge is 0.480 e. The molecule has 8 nitrogen and oxygen atoms in total. The molecule has 3 N–H and O–H groups in total. The van der Waals surface area contributed by atoms with Crippen LogP contribution in [0.2, 0.25) is 0 Å². The van der Waals surface area contributed by atoms with Gasteiger partial charge in [-0.25, -0.2) is 0 Å². The second-order valence-electron chi connectivity index (χ2n) is 3.51. The molecule has 0 radical (unpaired) electrons. The normalized spacial score (nSPS) is 12.4. The summed E-state index contributed by atoms with van der Waals surface area (Å²) in [6.07, 6.45) is -0.502. The van der Waals surface area contributed by atoms with Gasteiger partial charge in [0.25, 0.3) is 5.89 Å². The third-order valence-corrected chi connectivity index (χ3v) is 2.25. The molecular weight excluding hydrogens is 238 g/mol. The smallest absolute Gasteiger partial charge is 0.255 e. The van der Waals surface area contributed by atoms with Crippen molar-refractivity contribution in [2.24, 2.45) is 5.73 Å². The summed E-state index contributed by atoms with van der Waals surface area (Å²) in [6, 6.07) is 3.28. The van der Waals surface area contributed by atoms with E-state index in [1.165, 1.54) is 7.11 Å². The summed E-state index contributed by atoms with van der Waals surface area (Å²) in [6.45, 7) is 0.335. The van der Waals surface area contributed by atoms with Crippen molar-refractivity contribution in [3.05, 3.63) is 18.0 Å². The maximum absolute atomic E-state index is 9.63. The Labute approximate surface area is 103 Å². The van der Waals surface area contributed by atoms with E-state index in [1.54, 1.807) is 12.1 Å². The van der Waals surface area contributed by atoms with E-state index in [0.29, 0.717) is 24.5 Å². The zero-order chi connectivity index (χ0) is 13.0. The molecular formula is C10H13N5O3. The Kier molecular flexibility index (Phi) is 3.80. The molecule has 0 saturated carbocycles. The van der Waals surface area contributed by atoms with Gasteiger partial charge in [0.15, 0.2) is 0 Å². The number of rotatable bonds is 5. The third kappa shape index (κ3) is 2.60. The molecule has 0 aliphatic carbocycles. The van der Waals surface area contributed by atoms with E-state index in [9.17, 15) is 5.11 Å². The van der Waals surface area contributed by atoms with Crippen molar-refractivity contribution in [3.8, 4) is 17.4 Å². The fourth-order valence-electron chi connectivity index (χ4n) is 1.30. The number of ether oxygens (including phenoxy) is 1. The highest BCUT2D eigenvalue weighted by molar-refractivity contribution is 5.47. The third-order valence-electron chi connectivity index (χ3n) is 2.25. The topological polar surface area (TPSA) is 120 Å². The summed E-state index contributed by atoms with van der Waals surface area (Å²) in [7, 11) is 1.50. The molecule has 96 valence electrons. The van der Waals surface area contributed by atoms with E-state index >= 15 is 0 Å². The van der Waals surface area contributed by atoms with Gasteiger partial charge in [0.05, 0.1) is 7.11 Å². The van der Waals surface area contributed by atoms with Crippen LogP contribution in [0.4, 0.5) is 0 Å². The highest BCUT2D eigenvalue weighted by Gasteiger charge is 2.17. The van der Waals surface area contributed by atoms with Gasteiger partial charge in [-0.15, -0.1) is 10.2 Å². The Morgan fingerprint density at radius 1 is 1.44 bits per heavy atom. The fraction of sp³-hybridized carbons (Fsp3) is 0.400. The van der Waals surface area contributed by atoms with Crippen LogP contribution in [-0.4, -0.2) is 39.1 Å². The zero-order valence-corrected chi connectivity index (χ0v) is 9.78. The molecule has 0 fully saturated rings. The minimum Gasteiger partial charge on any atom is -0.480 e. The maximum atomic E-state index is 9.63. The quantitative estimate of drug-likeness (QED) is 0.756. The molecule has 2 rings (SSSR count). The first-order valence-corrected chi connectivity index (χ1v) is 5.34. The molecule has 0 saturated heterocycles. The van der Waals surface area contributed by atoms with E-state index in [2.05, 4.69) is 20.3 Å². The molecule has 0 aliphatic heterocycles. The van der Waals surface area contributed by atoms with Gasteiger partial charge in [-0.05, 0) is 19.0 Å². The van der Waals surface area contributed by atoms with Crippen LogP contribution in [0.5, 0.6) is 5.88 Å².